The van der Waals surface area contributed by atoms with Gasteiger partial charge in [0.1, 0.15) is 5.75 Å². The molecule has 5 aliphatic rings. The zero-order chi connectivity index (χ0) is 19.7. The second-order valence-corrected chi connectivity index (χ2v) is 10.9. The van der Waals surface area contributed by atoms with Gasteiger partial charge in [0.05, 0.1) is 12.1 Å². The van der Waals surface area contributed by atoms with Gasteiger partial charge in [-0.3, -0.25) is 4.79 Å². The SMILES string of the molecule is COc1cc2c(cc1Cl)CC(C)(C)N/C2=C/C(=O)C12CC3CC(CC(C3)C1)C2. The van der Waals surface area contributed by atoms with Crippen molar-refractivity contribution in [3.63, 3.8) is 0 Å². The van der Waals surface area contributed by atoms with Gasteiger partial charge in [-0.1, -0.05) is 11.6 Å². The summed E-state index contributed by atoms with van der Waals surface area (Å²) in [5, 5.41) is 4.25. The van der Waals surface area contributed by atoms with Crippen LogP contribution in [-0.4, -0.2) is 18.4 Å². The minimum absolute atomic E-state index is 0.109. The number of allylic oxidation sites excluding steroid dienone is 1. The molecule has 4 aliphatic carbocycles. The van der Waals surface area contributed by atoms with E-state index in [-0.39, 0.29) is 11.0 Å². The topological polar surface area (TPSA) is 38.3 Å². The minimum atomic E-state index is -0.113. The van der Waals surface area contributed by atoms with Crippen molar-refractivity contribution in [1.82, 2.24) is 5.32 Å². The average molecular weight is 400 g/mol. The van der Waals surface area contributed by atoms with Crippen LogP contribution in [0.15, 0.2) is 18.2 Å². The van der Waals surface area contributed by atoms with Gasteiger partial charge in [-0.25, -0.2) is 0 Å². The Morgan fingerprint density at radius 2 is 1.75 bits per heavy atom. The van der Waals surface area contributed by atoms with Gasteiger partial charge >= 0.3 is 0 Å². The molecule has 3 nitrogen and oxygen atoms in total. The van der Waals surface area contributed by atoms with Crippen molar-refractivity contribution in [3.05, 3.63) is 34.4 Å². The highest BCUT2D eigenvalue weighted by molar-refractivity contribution is 6.32. The third kappa shape index (κ3) is 2.98. The first kappa shape index (κ1) is 18.5. The summed E-state index contributed by atoms with van der Waals surface area (Å²) in [6.45, 7) is 4.36. The van der Waals surface area contributed by atoms with Crippen molar-refractivity contribution in [2.45, 2.75) is 64.3 Å². The van der Waals surface area contributed by atoms with Gasteiger partial charge in [0, 0.05) is 28.3 Å². The van der Waals surface area contributed by atoms with Crippen LogP contribution in [-0.2, 0) is 11.2 Å². The van der Waals surface area contributed by atoms with E-state index in [9.17, 15) is 4.79 Å². The second-order valence-electron chi connectivity index (χ2n) is 10.4. The number of carbonyl (C=O) groups is 1. The Bertz CT molecular complexity index is 834. The standard InChI is InChI=1S/C24H30ClNO2/c1-23(2)13-17-7-19(25)21(28-3)8-18(17)20(26-23)9-22(27)24-10-14-4-15(11-24)6-16(5-14)12-24/h7-9,14-16,26H,4-6,10-13H2,1-3H3/b20-9+. The van der Waals surface area contributed by atoms with E-state index in [1.807, 2.05) is 18.2 Å². The summed E-state index contributed by atoms with van der Waals surface area (Å²) in [5.41, 5.74) is 2.94. The lowest BCUT2D eigenvalue weighted by Gasteiger charge is -2.55. The lowest BCUT2D eigenvalue weighted by Crippen LogP contribution is -2.50. The van der Waals surface area contributed by atoms with E-state index in [0.717, 1.165) is 54.7 Å². The molecule has 0 aromatic heterocycles. The van der Waals surface area contributed by atoms with Crippen molar-refractivity contribution in [2.24, 2.45) is 23.2 Å². The van der Waals surface area contributed by atoms with Crippen LogP contribution >= 0.6 is 11.6 Å². The molecular formula is C24H30ClNO2. The normalized spacial score (nSPS) is 36.1. The first-order chi connectivity index (χ1) is 13.3. The first-order valence-corrected chi connectivity index (χ1v) is 11.1. The van der Waals surface area contributed by atoms with Crippen molar-refractivity contribution >= 4 is 23.1 Å². The molecule has 1 N–H and O–H groups in total. The van der Waals surface area contributed by atoms with E-state index in [1.165, 1.54) is 24.8 Å². The maximum absolute atomic E-state index is 13.6. The van der Waals surface area contributed by atoms with Crippen LogP contribution in [0.4, 0.5) is 0 Å². The predicted octanol–water partition coefficient (Wildman–Crippen LogP) is 5.40. The van der Waals surface area contributed by atoms with E-state index < -0.39 is 0 Å². The molecule has 0 atom stereocenters. The molecule has 4 bridgehead atoms. The summed E-state index contributed by atoms with van der Waals surface area (Å²) in [4.78, 5) is 13.6. The molecule has 6 rings (SSSR count). The van der Waals surface area contributed by atoms with Crippen LogP contribution in [0, 0.1) is 23.2 Å². The summed E-state index contributed by atoms with van der Waals surface area (Å²) in [6, 6.07) is 3.99. The third-order valence-corrected chi connectivity index (χ3v) is 7.90. The van der Waals surface area contributed by atoms with Crippen molar-refractivity contribution in [3.8, 4) is 5.75 Å². The molecule has 1 heterocycles. The van der Waals surface area contributed by atoms with E-state index in [1.54, 1.807) is 7.11 Å². The highest BCUT2D eigenvalue weighted by atomic mass is 35.5. The van der Waals surface area contributed by atoms with Crippen molar-refractivity contribution in [2.75, 3.05) is 7.11 Å². The molecule has 0 saturated heterocycles. The quantitative estimate of drug-likeness (QED) is 0.691. The Kier molecular flexibility index (Phi) is 4.14. The second kappa shape index (κ2) is 6.26. The molecule has 4 heteroatoms. The number of methoxy groups -OCH3 is 1. The number of ketones is 1. The summed E-state index contributed by atoms with van der Waals surface area (Å²) in [6.07, 6.45) is 10.1. The number of rotatable bonds is 3. The molecule has 1 aromatic rings. The summed E-state index contributed by atoms with van der Waals surface area (Å²) < 4.78 is 5.44. The van der Waals surface area contributed by atoms with Gasteiger partial charge < -0.3 is 10.1 Å². The fourth-order valence-corrected chi connectivity index (χ4v) is 7.17. The number of fused-ring (bicyclic) bond motifs is 1. The third-order valence-electron chi connectivity index (χ3n) is 7.61. The highest BCUT2D eigenvalue weighted by Crippen LogP contribution is 2.60. The predicted molar refractivity (Wildman–Crippen MR) is 113 cm³/mol. The molecule has 4 fully saturated rings. The lowest BCUT2D eigenvalue weighted by atomic mass is 9.48. The van der Waals surface area contributed by atoms with Crippen molar-refractivity contribution < 1.29 is 9.53 Å². The maximum Gasteiger partial charge on any atom is 0.163 e. The van der Waals surface area contributed by atoms with Gasteiger partial charge in [0.15, 0.2) is 5.78 Å². The molecule has 0 radical (unpaired) electrons. The summed E-state index contributed by atoms with van der Waals surface area (Å²) in [5.74, 6) is 3.32. The van der Waals surface area contributed by atoms with E-state index >= 15 is 0 Å². The Hall–Kier alpha value is -1.48. The minimum Gasteiger partial charge on any atom is -0.495 e. The molecular weight excluding hydrogens is 370 g/mol. The van der Waals surface area contributed by atoms with Gasteiger partial charge in [0.2, 0.25) is 0 Å². The molecule has 0 spiro atoms. The summed E-state index contributed by atoms with van der Waals surface area (Å²) >= 11 is 6.39. The molecule has 0 amide bonds. The zero-order valence-corrected chi connectivity index (χ0v) is 17.9. The number of benzene rings is 1. The fraction of sp³-hybridized carbons (Fsp3) is 0.625. The van der Waals surface area contributed by atoms with Gasteiger partial charge in [-0.15, -0.1) is 0 Å². The first-order valence-electron chi connectivity index (χ1n) is 10.7. The van der Waals surface area contributed by atoms with Crippen LogP contribution in [0.25, 0.3) is 5.70 Å². The molecule has 1 aromatic carbocycles. The number of nitrogens with one attached hydrogen (secondary N) is 1. The number of ether oxygens (including phenoxy) is 1. The Morgan fingerprint density at radius 3 is 2.32 bits per heavy atom. The largest absolute Gasteiger partial charge is 0.495 e. The number of carbonyl (C=O) groups excluding carboxylic acids is 1. The Balaban J connectivity index is 1.54. The van der Waals surface area contributed by atoms with Crippen LogP contribution in [0.5, 0.6) is 5.75 Å². The number of halogens is 1. The van der Waals surface area contributed by atoms with Gasteiger partial charge in [-0.05, 0) is 94.2 Å². The molecule has 0 unspecified atom stereocenters. The zero-order valence-electron chi connectivity index (χ0n) is 17.1. The molecule has 150 valence electrons. The van der Waals surface area contributed by atoms with E-state index in [4.69, 9.17) is 16.3 Å². The molecule has 1 aliphatic heterocycles. The number of hydrogen-bond acceptors (Lipinski definition) is 3. The van der Waals surface area contributed by atoms with Crippen LogP contribution in [0.3, 0.4) is 0 Å². The van der Waals surface area contributed by atoms with Crippen LogP contribution < -0.4 is 10.1 Å². The molecule has 28 heavy (non-hydrogen) atoms. The smallest absolute Gasteiger partial charge is 0.163 e. The fourth-order valence-electron chi connectivity index (χ4n) is 6.91. The Morgan fingerprint density at radius 1 is 1.14 bits per heavy atom. The summed E-state index contributed by atoms with van der Waals surface area (Å²) in [7, 11) is 1.64. The average Bonchev–Trinajstić information content (AvgIpc) is 2.59. The van der Waals surface area contributed by atoms with Crippen LogP contribution in [0.2, 0.25) is 5.02 Å². The highest BCUT2D eigenvalue weighted by Gasteiger charge is 2.54. The van der Waals surface area contributed by atoms with E-state index in [0.29, 0.717) is 16.6 Å². The van der Waals surface area contributed by atoms with Gasteiger partial charge in [0.25, 0.3) is 0 Å². The van der Waals surface area contributed by atoms with Crippen LogP contribution in [0.1, 0.15) is 63.5 Å². The van der Waals surface area contributed by atoms with Gasteiger partial charge in [-0.2, -0.15) is 0 Å². The van der Waals surface area contributed by atoms with Crippen molar-refractivity contribution in [1.29, 1.82) is 0 Å². The number of hydrogen-bond donors (Lipinski definition) is 1. The Labute approximate surface area is 172 Å². The molecule has 4 saturated carbocycles. The lowest BCUT2D eigenvalue weighted by molar-refractivity contribution is -0.138. The monoisotopic (exact) mass is 399 g/mol. The maximum atomic E-state index is 13.6. The van der Waals surface area contributed by atoms with E-state index in [2.05, 4.69) is 19.2 Å².